The van der Waals surface area contributed by atoms with Crippen LogP contribution >= 0.6 is 0 Å². The molecule has 7 heteroatoms. The van der Waals surface area contributed by atoms with Crippen LogP contribution in [0.4, 0.5) is 14.5 Å². The largest absolute Gasteiger partial charge is 0.322 e. The summed E-state index contributed by atoms with van der Waals surface area (Å²) >= 11 is 0. The van der Waals surface area contributed by atoms with Crippen molar-refractivity contribution in [2.45, 2.75) is 6.92 Å². The third kappa shape index (κ3) is 4.01. The summed E-state index contributed by atoms with van der Waals surface area (Å²) in [7, 11) is 0. The number of carbonyl (C=O) groups excluding carboxylic acids is 1. The average Bonchev–Trinajstić information content (AvgIpc) is 3.25. The van der Waals surface area contributed by atoms with Crippen LogP contribution in [0.1, 0.15) is 27.3 Å². The Morgan fingerprint density at radius 2 is 1.85 bits per heavy atom. The predicted molar refractivity (Wildman–Crippen MR) is 123 cm³/mol. The van der Waals surface area contributed by atoms with Crippen LogP contribution in [-0.4, -0.2) is 21.6 Å². The van der Waals surface area contributed by atoms with E-state index in [2.05, 4.69) is 20.3 Å². The van der Waals surface area contributed by atoms with E-state index < -0.39 is 0 Å². The van der Waals surface area contributed by atoms with E-state index in [-0.39, 0.29) is 23.5 Å². The summed E-state index contributed by atoms with van der Waals surface area (Å²) in [5, 5.41) is 2.78. The minimum Gasteiger partial charge on any atom is -0.322 e. The molecule has 3 aromatic rings. The number of hydrogen-bond donors (Lipinski definition) is 1. The van der Waals surface area contributed by atoms with Crippen molar-refractivity contribution in [2.24, 2.45) is 10.9 Å². The molecule has 1 aliphatic heterocycles. The molecule has 3 heterocycles. The van der Waals surface area contributed by atoms with Crippen molar-refractivity contribution in [3.63, 3.8) is 0 Å². The van der Waals surface area contributed by atoms with Crippen LogP contribution in [0.2, 0.25) is 0 Å². The first-order valence-corrected chi connectivity index (χ1v) is 10.3. The number of fused-ring (bicyclic) bond motifs is 1. The lowest BCUT2D eigenvalue weighted by molar-refractivity contribution is 0.102. The number of hydrogen-bond acceptors (Lipinski definition) is 4. The van der Waals surface area contributed by atoms with E-state index in [1.807, 2.05) is 18.2 Å². The molecule has 2 aliphatic rings. The number of rotatable bonds is 4. The number of aryl methyl sites for hydroxylation is 1. The highest BCUT2D eigenvalue weighted by Gasteiger charge is 2.30. The fraction of sp³-hybridized carbons (Fsp3) is 0.0769. The van der Waals surface area contributed by atoms with Crippen LogP contribution in [0.25, 0.3) is 5.57 Å². The van der Waals surface area contributed by atoms with Crippen molar-refractivity contribution in [3.8, 4) is 0 Å². The number of carbonyl (C=O) groups is 1. The highest BCUT2D eigenvalue weighted by Crippen LogP contribution is 2.38. The van der Waals surface area contributed by atoms with Gasteiger partial charge < -0.3 is 5.32 Å². The van der Waals surface area contributed by atoms with Gasteiger partial charge in [-0.15, -0.1) is 0 Å². The molecule has 1 aliphatic carbocycles. The maximum atomic E-state index is 13.7. The number of nitrogens with zero attached hydrogens (tertiary/aromatic N) is 3. The van der Waals surface area contributed by atoms with Crippen molar-refractivity contribution in [1.29, 1.82) is 0 Å². The first-order valence-electron chi connectivity index (χ1n) is 10.3. The van der Waals surface area contributed by atoms with Gasteiger partial charge in [-0.2, -0.15) is 0 Å². The molecule has 1 N–H and O–H groups in total. The summed E-state index contributed by atoms with van der Waals surface area (Å²) < 4.78 is 26.9. The number of amides is 1. The maximum absolute atomic E-state index is 13.7. The van der Waals surface area contributed by atoms with E-state index in [9.17, 15) is 13.6 Å². The van der Waals surface area contributed by atoms with Crippen LogP contribution in [-0.2, 0) is 0 Å². The molecule has 5 rings (SSSR count). The first kappa shape index (κ1) is 20.6. The van der Waals surface area contributed by atoms with Crippen LogP contribution < -0.4 is 5.32 Å². The van der Waals surface area contributed by atoms with Crippen LogP contribution in [0.3, 0.4) is 0 Å². The van der Waals surface area contributed by atoms with Crippen molar-refractivity contribution in [1.82, 2.24) is 9.97 Å². The Labute approximate surface area is 188 Å². The number of pyridine rings is 2. The Balaban J connectivity index is 1.42. The van der Waals surface area contributed by atoms with Gasteiger partial charge in [-0.3, -0.25) is 19.8 Å². The Morgan fingerprint density at radius 3 is 2.64 bits per heavy atom. The molecular formula is C26H18F2N4O. The zero-order valence-electron chi connectivity index (χ0n) is 17.6. The van der Waals surface area contributed by atoms with Crippen molar-refractivity contribution >= 4 is 22.9 Å². The zero-order valence-corrected chi connectivity index (χ0v) is 17.6. The average molecular weight is 440 g/mol. The van der Waals surface area contributed by atoms with Gasteiger partial charge in [0.15, 0.2) is 0 Å². The number of anilines is 1. The summed E-state index contributed by atoms with van der Waals surface area (Å²) in [4.78, 5) is 26.1. The lowest BCUT2D eigenvalue weighted by Gasteiger charge is -2.20. The van der Waals surface area contributed by atoms with E-state index >= 15 is 0 Å². The molecule has 0 bridgehead atoms. The molecule has 0 saturated carbocycles. The number of aromatic nitrogens is 2. The molecule has 162 valence electrons. The Bertz CT molecular complexity index is 1390. The molecule has 0 saturated heterocycles. The highest BCUT2D eigenvalue weighted by molar-refractivity contribution is 6.10. The van der Waals surface area contributed by atoms with Crippen molar-refractivity contribution < 1.29 is 13.6 Å². The number of halogens is 2. The van der Waals surface area contributed by atoms with E-state index in [1.54, 1.807) is 25.4 Å². The second-order valence-electron chi connectivity index (χ2n) is 7.72. The smallest absolute Gasteiger partial charge is 0.257 e. The van der Waals surface area contributed by atoms with Gasteiger partial charge in [0.2, 0.25) is 0 Å². The summed E-state index contributed by atoms with van der Waals surface area (Å²) in [6.07, 6.45) is 10.7. The van der Waals surface area contributed by atoms with Gasteiger partial charge in [-0.1, -0.05) is 18.2 Å². The topological polar surface area (TPSA) is 67.2 Å². The van der Waals surface area contributed by atoms with Gasteiger partial charge in [-0.25, -0.2) is 8.78 Å². The van der Waals surface area contributed by atoms with Crippen LogP contribution in [0, 0.1) is 24.5 Å². The van der Waals surface area contributed by atoms with Gasteiger partial charge in [0.25, 0.3) is 5.91 Å². The molecule has 1 atom stereocenters. The quantitative estimate of drug-likeness (QED) is 0.601. The molecule has 0 fully saturated rings. The predicted octanol–water partition coefficient (Wildman–Crippen LogP) is 5.27. The molecular weight excluding hydrogens is 422 g/mol. The molecule has 33 heavy (non-hydrogen) atoms. The number of allylic oxidation sites excluding steroid dienone is 5. The Hall–Kier alpha value is -4.26. The van der Waals surface area contributed by atoms with Crippen molar-refractivity contribution in [2.75, 3.05) is 5.32 Å². The monoisotopic (exact) mass is 440 g/mol. The van der Waals surface area contributed by atoms with Gasteiger partial charge in [-0.05, 0) is 54.5 Å². The standard InChI is InChI=1S/C26H18F2N4O/c1-15-22(26(33)32-19-7-5-17(27)6-8-19)11-16(13-30-15)20-3-2-4-21-23(20)14-31-25(21)24-12-18(28)9-10-29-24/h2-14,21H,1H3,(H,32,33). The number of nitrogens with one attached hydrogen (secondary N) is 1. The third-order valence-electron chi connectivity index (χ3n) is 5.58. The molecule has 0 radical (unpaired) electrons. The molecule has 1 aromatic carbocycles. The minimum absolute atomic E-state index is 0.169. The normalized spacial score (nSPS) is 16.6. The Morgan fingerprint density at radius 1 is 1.03 bits per heavy atom. The summed E-state index contributed by atoms with van der Waals surface area (Å²) in [5.74, 6) is -1.25. The van der Waals surface area contributed by atoms with E-state index in [4.69, 9.17) is 0 Å². The third-order valence-corrected chi connectivity index (χ3v) is 5.58. The second-order valence-corrected chi connectivity index (χ2v) is 7.72. The summed E-state index contributed by atoms with van der Waals surface area (Å²) in [6.45, 7) is 1.76. The van der Waals surface area contributed by atoms with Crippen molar-refractivity contribution in [3.05, 3.63) is 119 Å². The molecule has 1 unspecified atom stereocenters. The summed E-state index contributed by atoms with van der Waals surface area (Å²) in [5.41, 5.74) is 5.19. The molecule has 1 amide bonds. The summed E-state index contributed by atoms with van der Waals surface area (Å²) in [6, 6.07) is 10.0. The molecule has 5 nitrogen and oxygen atoms in total. The van der Waals surface area contributed by atoms with Crippen LogP contribution in [0.5, 0.6) is 0 Å². The zero-order chi connectivity index (χ0) is 22.9. The fourth-order valence-electron chi connectivity index (χ4n) is 3.91. The van der Waals surface area contributed by atoms with Gasteiger partial charge in [0.05, 0.1) is 22.7 Å². The lowest BCUT2D eigenvalue weighted by Crippen LogP contribution is -2.17. The van der Waals surface area contributed by atoms with E-state index in [1.165, 1.54) is 42.6 Å². The minimum atomic E-state index is -0.375. The van der Waals surface area contributed by atoms with E-state index in [0.717, 1.165) is 16.7 Å². The van der Waals surface area contributed by atoms with Gasteiger partial charge >= 0.3 is 0 Å². The fourth-order valence-corrected chi connectivity index (χ4v) is 3.91. The second kappa shape index (κ2) is 8.35. The van der Waals surface area contributed by atoms with Gasteiger partial charge in [0.1, 0.15) is 11.6 Å². The lowest BCUT2D eigenvalue weighted by atomic mass is 9.83. The SMILES string of the molecule is Cc1ncc(C2=CC=CC3C2=CN=C3c2cc(F)ccn2)cc1C(=O)Nc1ccc(F)cc1. The Kier molecular flexibility index (Phi) is 5.22. The number of benzene rings is 1. The molecule has 2 aromatic heterocycles. The van der Waals surface area contributed by atoms with E-state index in [0.29, 0.717) is 28.4 Å². The molecule has 0 spiro atoms. The van der Waals surface area contributed by atoms with Crippen LogP contribution in [0.15, 0.2) is 89.9 Å². The maximum Gasteiger partial charge on any atom is 0.257 e. The van der Waals surface area contributed by atoms with Gasteiger partial charge in [0, 0.05) is 41.8 Å². The first-order chi connectivity index (χ1) is 16.0. The highest BCUT2D eigenvalue weighted by atomic mass is 19.1. The number of aliphatic imine (C=N–C) groups is 1.